The second kappa shape index (κ2) is 7.45. The Hall–Kier alpha value is -2.14. The molecule has 20 heavy (non-hydrogen) atoms. The van der Waals surface area contributed by atoms with Crippen LogP contribution in [0.5, 0.6) is 0 Å². The fourth-order valence-electron chi connectivity index (χ4n) is 1.73. The first kappa shape index (κ1) is 14.3. The summed E-state index contributed by atoms with van der Waals surface area (Å²) in [5.41, 5.74) is 2.97. The van der Waals surface area contributed by atoms with E-state index in [0.717, 1.165) is 16.8 Å². The molecule has 1 aromatic carbocycles. The molecule has 0 saturated heterocycles. The minimum atomic E-state index is -0.240. The first-order chi connectivity index (χ1) is 9.79. The van der Waals surface area contributed by atoms with Crippen molar-refractivity contribution < 1.29 is 14.3 Å². The summed E-state index contributed by atoms with van der Waals surface area (Å²) >= 11 is 0. The van der Waals surface area contributed by atoms with Gasteiger partial charge >= 0.3 is 5.97 Å². The van der Waals surface area contributed by atoms with E-state index in [1.54, 1.807) is 12.5 Å². The van der Waals surface area contributed by atoms with Crippen molar-refractivity contribution in [3.8, 4) is 11.3 Å². The van der Waals surface area contributed by atoms with Crippen LogP contribution in [0.2, 0.25) is 0 Å². The molecular formula is C15H18N2O3. The third-order valence-electron chi connectivity index (χ3n) is 2.82. The molecule has 0 spiro atoms. The van der Waals surface area contributed by atoms with Crippen LogP contribution < -0.4 is 0 Å². The van der Waals surface area contributed by atoms with Crippen molar-refractivity contribution in [3.05, 3.63) is 42.4 Å². The van der Waals surface area contributed by atoms with Gasteiger partial charge in [-0.1, -0.05) is 24.3 Å². The van der Waals surface area contributed by atoms with E-state index in [1.807, 2.05) is 31.2 Å². The molecule has 2 rings (SSSR count). The Balaban J connectivity index is 1.81. The predicted octanol–water partition coefficient (Wildman–Crippen LogP) is 2.55. The molecule has 5 nitrogen and oxygen atoms in total. The standard InChI is InChI=1S/C15H18N2O3/c1-2-19-8-7-15(18)20-10-12-3-5-13(6-4-12)14-9-16-11-17-14/h3-6,9,11H,2,7-8,10H2,1H3,(H,16,17). The number of carbonyl (C=O) groups is 1. The summed E-state index contributed by atoms with van der Waals surface area (Å²) < 4.78 is 10.3. The van der Waals surface area contributed by atoms with E-state index in [1.165, 1.54) is 0 Å². The number of aromatic nitrogens is 2. The van der Waals surface area contributed by atoms with Gasteiger partial charge in [-0.15, -0.1) is 0 Å². The van der Waals surface area contributed by atoms with E-state index < -0.39 is 0 Å². The molecule has 0 amide bonds. The SMILES string of the molecule is CCOCCC(=O)OCc1ccc(-c2cnc[nH]2)cc1. The van der Waals surface area contributed by atoms with Gasteiger partial charge in [-0.25, -0.2) is 4.98 Å². The van der Waals surface area contributed by atoms with E-state index in [4.69, 9.17) is 9.47 Å². The van der Waals surface area contributed by atoms with Crippen molar-refractivity contribution in [1.29, 1.82) is 0 Å². The van der Waals surface area contributed by atoms with Crippen LogP contribution in [0.15, 0.2) is 36.8 Å². The number of rotatable bonds is 7. The molecule has 2 aromatic rings. The number of nitrogens with one attached hydrogen (secondary N) is 1. The maximum Gasteiger partial charge on any atom is 0.308 e. The van der Waals surface area contributed by atoms with Crippen LogP contribution in [0, 0.1) is 0 Å². The van der Waals surface area contributed by atoms with Gasteiger partial charge in [0, 0.05) is 6.61 Å². The lowest BCUT2D eigenvalue weighted by molar-refractivity contribution is -0.146. The molecule has 0 fully saturated rings. The Bertz CT molecular complexity index is 521. The number of nitrogens with zero attached hydrogens (tertiary/aromatic N) is 1. The summed E-state index contributed by atoms with van der Waals surface area (Å²) in [5.74, 6) is -0.240. The van der Waals surface area contributed by atoms with Crippen LogP contribution in [0.3, 0.4) is 0 Å². The largest absolute Gasteiger partial charge is 0.461 e. The van der Waals surface area contributed by atoms with Crippen molar-refractivity contribution in [2.75, 3.05) is 13.2 Å². The summed E-state index contributed by atoms with van der Waals surface area (Å²) in [5, 5.41) is 0. The number of hydrogen-bond donors (Lipinski definition) is 1. The van der Waals surface area contributed by atoms with Gasteiger partial charge in [0.15, 0.2) is 0 Å². The van der Waals surface area contributed by atoms with Crippen LogP contribution in [0.25, 0.3) is 11.3 Å². The van der Waals surface area contributed by atoms with Gasteiger partial charge in [-0.05, 0) is 18.1 Å². The Morgan fingerprint density at radius 3 is 2.75 bits per heavy atom. The average molecular weight is 274 g/mol. The highest BCUT2D eigenvalue weighted by Crippen LogP contribution is 2.16. The maximum absolute atomic E-state index is 11.4. The minimum absolute atomic E-state index is 0.240. The van der Waals surface area contributed by atoms with Crippen LogP contribution >= 0.6 is 0 Å². The van der Waals surface area contributed by atoms with Crippen LogP contribution in [0.4, 0.5) is 0 Å². The number of esters is 1. The second-order valence-corrected chi connectivity index (χ2v) is 4.27. The van der Waals surface area contributed by atoms with Crippen molar-refractivity contribution in [3.63, 3.8) is 0 Å². The fraction of sp³-hybridized carbons (Fsp3) is 0.333. The normalized spacial score (nSPS) is 10.4. The molecule has 0 atom stereocenters. The number of H-pyrrole nitrogens is 1. The molecule has 106 valence electrons. The van der Waals surface area contributed by atoms with Gasteiger partial charge in [-0.2, -0.15) is 0 Å². The van der Waals surface area contributed by atoms with E-state index >= 15 is 0 Å². The molecule has 0 bridgehead atoms. The second-order valence-electron chi connectivity index (χ2n) is 4.27. The third kappa shape index (κ3) is 4.20. The summed E-state index contributed by atoms with van der Waals surface area (Å²) in [4.78, 5) is 18.5. The zero-order valence-electron chi connectivity index (χ0n) is 11.5. The van der Waals surface area contributed by atoms with Crippen LogP contribution in [-0.4, -0.2) is 29.2 Å². The highest BCUT2D eigenvalue weighted by molar-refractivity contribution is 5.69. The van der Waals surface area contributed by atoms with E-state index in [9.17, 15) is 4.79 Å². The lowest BCUT2D eigenvalue weighted by Crippen LogP contribution is -2.08. The summed E-state index contributed by atoms with van der Waals surface area (Å²) in [6.07, 6.45) is 3.70. The number of carbonyl (C=O) groups excluding carboxylic acids is 1. The molecule has 0 saturated carbocycles. The van der Waals surface area contributed by atoms with Crippen LogP contribution in [0.1, 0.15) is 18.9 Å². The molecule has 0 aliphatic rings. The minimum Gasteiger partial charge on any atom is -0.461 e. The van der Waals surface area contributed by atoms with Gasteiger partial charge in [0.1, 0.15) is 6.61 Å². The Kier molecular flexibility index (Phi) is 5.32. The topological polar surface area (TPSA) is 64.2 Å². The predicted molar refractivity (Wildman–Crippen MR) is 74.9 cm³/mol. The van der Waals surface area contributed by atoms with Gasteiger partial charge in [0.25, 0.3) is 0 Å². The van der Waals surface area contributed by atoms with Crippen molar-refractivity contribution in [2.45, 2.75) is 20.0 Å². The van der Waals surface area contributed by atoms with Gasteiger partial charge in [0.2, 0.25) is 0 Å². The molecular weight excluding hydrogens is 256 g/mol. The quantitative estimate of drug-likeness (QED) is 0.622. The van der Waals surface area contributed by atoms with Crippen LogP contribution in [-0.2, 0) is 20.9 Å². The van der Waals surface area contributed by atoms with Gasteiger partial charge in [-0.3, -0.25) is 4.79 Å². The third-order valence-corrected chi connectivity index (χ3v) is 2.82. The van der Waals surface area contributed by atoms with E-state index in [2.05, 4.69) is 9.97 Å². The molecule has 0 aliphatic heterocycles. The monoisotopic (exact) mass is 274 g/mol. The molecule has 0 radical (unpaired) electrons. The van der Waals surface area contributed by atoms with Crippen molar-refractivity contribution in [2.24, 2.45) is 0 Å². The van der Waals surface area contributed by atoms with Crippen molar-refractivity contribution in [1.82, 2.24) is 9.97 Å². The zero-order chi connectivity index (χ0) is 14.2. The molecule has 5 heteroatoms. The Labute approximate surface area is 117 Å². The number of benzene rings is 1. The van der Waals surface area contributed by atoms with E-state index in [0.29, 0.717) is 19.6 Å². The molecule has 1 heterocycles. The summed E-state index contributed by atoms with van der Waals surface area (Å²) in [6, 6.07) is 7.81. The van der Waals surface area contributed by atoms with E-state index in [-0.39, 0.29) is 12.6 Å². The van der Waals surface area contributed by atoms with Gasteiger partial charge in [0.05, 0.1) is 31.2 Å². The van der Waals surface area contributed by atoms with Gasteiger partial charge < -0.3 is 14.5 Å². The smallest absolute Gasteiger partial charge is 0.308 e. The van der Waals surface area contributed by atoms with Crippen molar-refractivity contribution >= 4 is 5.97 Å². The Morgan fingerprint density at radius 1 is 1.30 bits per heavy atom. The lowest BCUT2D eigenvalue weighted by Gasteiger charge is -2.06. The molecule has 0 aliphatic carbocycles. The fourth-order valence-corrected chi connectivity index (χ4v) is 1.73. The number of aromatic amines is 1. The molecule has 1 aromatic heterocycles. The summed E-state index contributed by atoms with van der Waals surface area (Å²) in [6.45, 7) is 3.21. The maximum atomic E-state index is 11.4. The zero-order valence-corrected chi connectivity index (χ0v) is 11.5. The molecule has 0 unspecified atom stereocenters. The molecule has 1 N–H and O–H groups in total. The highest BCUT2D eigenvalue weighted by atomic mass is 16.5. The highest BCUT2D eigenvalue weighted by Gasteiger charge is 2.04. The number of ether oxygens (including phenoxy) is 2. The first-order valence-electron chi connectivity index (χ1n) is 6.60. The summed E-state index contributed by atoms with van der Waals surface area (Å²) in [7, 11) is 0. The number of hydrogen-bond acceptors (Lipinski definition) is 4. The first-order valence-corrected chi connectivity index (χ1v) is 6.60. The average Bonchev–Trinajstić information content (AvgIpc) is 3.00. The Morgan fingerprint density at radius 2 is 2.10 bits per heavy atom. The number of imidazole rings is 1. The lowest BCUT2D eigenvalue weighted by atomic mass is 10.1.